The quantitative estimate of drug-likeness (QED) is 0.111. The fraction of sp³-hybridized carbons (Fsp3) is 0.388. The summed E-state index contributed by atoms with van der Waals surface area (Å²) in [6.45, 7) is 8.70. The average Bonchev–Trinajstić information content (AvgIpc) is 3.63. The molecule has 4 heterocycles. The number of piperidine rings is 1. The Balaban J connectivity index is 1.13. The molecule has 69 heavy (non-hydrogen) atoms. The molecule has 4 aliphatic rings. The highest BCUT2D eigenvalue weighted by Crippen LogP contribution is 2.47. The minimum Gasteiger partial charge on any atom is -0.491 e. The molecular weight excluding hydrogens is 945 g/mol. The van der Waals surface area contributed by atoms with E-state index in [9.17, 15) is 46.5 Å². The zero-order chi connectivity index (χ0) is 49.8. The van der Waals surface area contributed by atoms with Crippen LogP contribution in [0, 0.1) is 22.7 Å². The molecule has 20 heteroatoms. The summed E-state index contributed by atoms with van der Waals surface area (Å²) in [5.74, 6) is 0.0194. The van der Waals surface area contributed by atoms with E-state index in [1.807, 2.05) is 33.8 Å². The van der Waals surface area contributed by atoms with Gasteiger partial charge in [0, 0.05) is 62.6 Å². The van der Waals surface area contributed by atoms with E-state index in [1.54, 1.807) is 58.3 Å². The van der Waals surface area contributed by atoms with Crippen LogP contribution in [0.5, 0.6) is 11.5 Å². The molecule has 0 unspecified atom stereocenters. The Hall–Kier alpha value is -6.32. The van der Waals surface area contributed by atoms with Gasteiger partial charge < -0.3 is 24.0 Å². The number of thiocarbonyl (C=S) groups is 2. The summed E-state index contributed by atoms with van der Waals surface area (Å²) in [5, 5.41) is 18.9. The number of rotatable bonds is 10. The van der Waals surface area contributed by atoms with Crippen LogP contribution in [-0.4, -0.2) is 76.5 Å². The van der Waals surface area contributed by atoms with Crippen LogP contribution in [-0.2, 0) is 33.2 Å². The maximum absolute atomic E-state index is 14.9. The molecule has 12 nitrogen and oxygen atoms in total. The SMILES string of the molecule is CC(C)Oc1ccc(N2C(=S)N(c3ccc(C#N)c(C(F)(F)F)c3)C(=O)C23CCN(Cc2cc(N4C(=S)N(c5ccc(C#N)c(C(F)(F)F)c5)C(=O)C45CCOCC5)ccc2OC(C)C)CC3)cc1. The topological polar surface area (TPSA) is 126 Å². The van der Waals surface area contributed by atoms with Gasteiger partial charge in [-0.1, -0.05) is 0 Å². The Bertz CT molecular complexity index is 2790. The third-order valence-corrected chi connectivity index (χ3v) is 13.5. The molecule has 0 radical (unpaired) electrons. The first-order valence-electron chi connectivity index (χ1n) is 22.1. The van der Waals surface area contributed by atoms with Crippen molar-refractivity contribution in [3.63, 3.8) is 0 Å². The van der Waals surface area contributed by atoms with Gasteiger partial charge in [-0.25, -0.2) is 0 Å². The second-order valence-electron chi connectivity index (χ2n) is 17.8. The number of likely N-dealkylation sites (tertiary alicyclic amines) is 1. The molecule has 0 saturated carbocycles. The van der Waals surface area contributed by atoms with Crippen molar-refractivity contribution >= 4 is 69.2 Å². The fourth-order valence-corrected chi connectivity index (χ4v) is 10.5. The lowest BCUT2D eigenvalue weighted by molar-refractivity contribution is -0.138. The summed E-state index contributed by atoms with van der Waals surface area (Å²) in [7, 11) is 0. The molecule has 4 aromatic rings. The number of nitrogens with zero attached hydrogens (tertiary/aromatic N) is 7. The molecule has 4 aliphatic heterocycles. The second-order valence-corrected chi connectivity index (χ2v) is 18.5. The van der Waals surface area contributed by atoms with Gasteiger partial charge in [0.15, 0.2) is 10.2 Å². The van der Waals surface area contributed by atoms with Gasteiger partial charge in [0.25, 0.3) is 11.8 Å². The first-order chi connectivity index (χ1) is 32.6. The molecule has 2 amide bonds. The number of hydrogen-bond donors (Lipinski definition) is 0. The number of hydrogen-bond acceptors (Lipinski definition) is 10. The monoisotopic (exact) mass is 989 g/mol. The second kappa shape index (κ2) is 18.5. The van der Waals surface area contributed by atoms with Gasteiger partial charge in [0.2, 0.25) is 0 Å². The van der Waals surface area contributed by atoms with Crippen molar-refractivity contribution in [3.8, 4) is 23.6 Å². The number of anilines is 4. The average molecular weight is 990 g/mol. The van der Waals surface area contributed by atoms with Gasteiger partial charge in [-0.2, -0.15) is 36.9 Å². The Labute approximate surface area is 405 Å². The lowest BCUT2D eigenvalue weighted by atomic mass is 9.85. The highest BCUT2D eigenvalue weighted by atomic mass is 32.1. The highest BCUT2D eigenvalue weighted by molar-refractivity contribution is 7.81. The van der Waals surface area contributed by atoms with Gasteiger partial charge in [0.05, 0.1) is 58.0 Å². The molecule has 0 bridgehead atoms. The largest absolute Gasteiger partial charge is 0.491 e. The minimum atomic E-state index is -4.89. The zero-order valence-electron chi connectivity index (χ0n) is 37.8. The summed E-state index contributed by atoms with van der Waals surface area (Å²) in [4.78, 5) is 37.2. The molecule has 0 N–H and O–H groups in total. The van der Waals surface area contributed by atoms with E-state index in [4.69, 9.17) is 38.6 Å². The molecule has 4 saturated heterocycles. The number of carbonyl (C=O) groups is 2. The fourth-order valence-electron chi connectivity index (χ4n) is 9.57. The van der Waals surface area contributed by atoms with E-state index in [0.717, 1.165) is 34.1 Å². The standard InChI is InChI=1S/C49H45F6N7O5S2/c1-29(2)66-38-12-9-34(10-13-38)61-44(68)59(35-7-5-31(26-56)39(24-35)48(50,51)52)42(63)46(61)15-19-58(20-16-46)28-33-23-37(11-14-41(33)67-30(3)4)62-45(69)60(43(64)47(62)17-21-65-22-18-47)36-8-6-32(27-57)40(25-36)49(53,54)55/h5-14,23-25,29-30H,15-22,28H2,1-4H3. The van der Waals surface area contributed by atoms with E-state index in [2.05, 4.69) is 4.90 Å². The third kappa shape index (κ3) is 8.95. The van der Waals surface area contributed by atoms with Gasteiger partial charge in [0.1, 0.15) is 22.6 Å². The Kier molecular flexibility index (Phi) is 13.2. The van der Waals surface area contributed by atoms with Crippen LogP contribution in [0.15, 0.2) is 78.9 Å². The Morgan fingerprint density at radius 3 is 1.55 bits per heavy atom. The Morgan fingerprint density at radius 1 is 0.638 bits per heavy atom. The summed E-state index contributed by atoms with van der Waals surface area (Å²) < 4.78 is 103. The normalized spacial score (nSPS) is 18.5. The Morgan fingerprint density at radius 2 is 1.09 bits per heavy atom. The van der Waals surface area contributed by atoms with Crippen molar-refractivity contribution in [3.05, 3.63) is 107 Å². The van der Waals surface area contributed by atoms with Crippen LogP contribution in [0.3, 0.4) is 0 Å². The van der Waals surface area contributed by atoms with E-state index in [0.29, 0.717) is 41.5 Å². The molecule has 2 spiro atoms. The van der Waals surface area contributed by atoms with Gasteiger partial charge >= 0.3 is 12.4 Å². The van der Waals surface area contributed by atoms with E-state index in [1.165, 1.54) is 12.1 Å². The number of alkyl halides is 6. The predicted molar refractivity (Wildman–Crippen MR) is 252 cm³/mol. The van der Waals surface area contributed by atoms with Crippen LogP contribution in [0.2, 0.25) is 0 Å². The smallest absolute Gasteiger partial charge is 0.417 e. The van der Waals surface area contributed by atoms with Crippen LogP contribution in [0.1, 0.15) is 81.2 Å². The van der Waals surface area contributed by atoms with Crippen molar-refractivity contribution in [2.24, 2.45) is 0 Å². The van der Waals surface area contributed by atoms with E-state index < -0.39 is 57.5 Å². The van der Waals surface area contributed by atoms with Crippen molar-refractivity contribution < 1.29 is 50.1 Å². The lowest BCUT2D eigenvalue weighted by Gasteiger charge is -2.43. The molecule has 8 rings (SSSR count). The third-order valence-electron chi connectivity index (χ3n) is 12.7. The van der Waals surface area contributed by atoms with Gasteiger partial charge in [-0.3, -0.25) is 24.3 Å². The van der Waals surface area contributed by atoms with Crippen LogP contribution < -0.4 is 29.1 Å². The number of carbonyl (C=O) groups excluding carboxylic acids is 2. The molecule has 360 valence electrons. The van der Waals surface area contributed by atoms with Gasteiger partial charge in [-0.05, 0) is 144 Å². The number of halogens is 6. The van der Waals surface area contributed by atoms with Crippen molar-refractivity contribution in [2.75, 3.05) is 45.9 Å². The van der Waals surface area contributed by atoms with Crippen LogP contribution in [0.4, 0.5) is 49.1 Å². The van der Waals surface area contributed by atoms with E-state index in [-0.39, 0.29) is 79.2 Å². The predicted octanol–water partition coefficient (Wildman–Crippen LogP) is 9.90. The maximum atomic E-state index is 14.9. The van der Waals surface area contributed by atoms with Crippen LogP contribution >= 0.6 is 24.4 Å². The molecule has 0 aliphatic carbocycles. The number of nitriles is 2. The summed E-state index contributed by atoms with van der Waals surface area (Å²) in [5.41, 5.74) is -4.84. The van der Waals surface area contributed by atoms with Gasteiger partial charge in [-0.15, -0.1) is 0 Å². The first kappa shape index (κ1) is 49.1. The summed E-state index contributed by atoms with van der Waals surface area (Å²) >= 11 is 11.9. The number of ether oxygens (including phenoxy) is 3. The zero-order valence-corrected chi connectivity index (χ0v) is 39.4. The molecule has 4 fully saturated rings. The molecular formula is C49H45F6N7O5S2. The van der Waals surface area contributed by atoms with Crippen molar-refractivity contribution in [1.29, 1.82) is 10.5 Å². The maximum Gasteiger partial charge on any atom is 0.417 e. The van der Waals surface area contributed by atoms with Crippen LogP contribution in [0.25, 0.3) is 0 Å². The number of benzene rings is 4. The van der Waals surface area contributed by atoms with Crippen molar-refractivity contribution in [2.45, 2.75) is 95.6 Å². The lowest BCUT2D eigenvalue weighted by Crippen LogP contribution is -2.56. The number of amides is 2. The van der Waals surface area contributed by atoms with Crippen molar-refractivity contribution in [1.82, 2.24) is 4.90 Å². The summed E-state index contributed by atoms with van der Waals surface area (Å²) in [6, 6.07) is 21.5. The highest BCUT2D eigenvalue weighted by Gasteiger charge is 2.59. The molecule has 0 atom stereocenters. The molecule has 0 aromatic heterocycles. The van der Waals surface area contributed by atoms with E-state index >= 15 is 0 Å². The summed E-state index contributed by atoms with van der Waals surface area (Å²) in [6.07, 6.45) is -9.44. The molecule has 4 aromatic carbocycles. The minimum absolute atomic E-state index is 0.0352. The first-order valence-corrected chi connectivity index (χ1v) is 22.9.